The van der Waals surface area contributed by atoms with Crippen molar-refractivity contribution in [2.75, 3.05) is 7.05 Å². The number of rotatable bonds is 6. The van der Waals surface area contributed by atoms with E-state index in [1.807, 2.05) is 30.9 Å². The van der Waals surface area contributed by atoms with Crippen molar-refractivity contribution >= 4 is 0 Å². The zero-order valence-electron chi connectivity index (χ0n) is 12.4. The Morgan fingerprint density at radius 3 is 2.50 bits per heavy atom. The fourth-order valence-electron chi connectivity index (χ4n) is 2.37. The molecule has 20 heavy (non-hydrogen) atoms. The van der Waals surface area contributed by atoms with E-state index in [1.54, 1.807) is 0 Å². The van der Waals surface area contributed by atoms with Gasteiger partial charge in [-0.3, -0.25) is 4.68 Å². The Morgan fingerprint density at radius 2 is 1.95 bits per heavy atom. The molecule has 4 heteroatoms. The number of benzene rings is 1. The SMILES string of the molecule is CCc1cc(CC(Cc2ccc(F)cc2)NC)n(C)n1. The molecular formula is C16H22FN3. The summed E-state index contributed by atoms with van der Waals surface area (Å²) in [6, 6.07) is 9.21. The monoisotopic (exact) mass is 275 g/mol. The summed E-state index contributed by atoms with van der Waals surface area (Å²) in [5.74, 6) is -0.186. The van der Waals surface area contributed by atoms with Crippen LogP contribution in [0.4, 0.5) is 4.39 Å². The van der Waals surface area contributed by atoms with Crippen LogP contribution in [-0.4, -0.2) is 22.9 Å². The minimum atomic E-state index is -0.186. The first kappa shape index (κ1) is 14.7. The van der Waals surface area contributed by atoms with Crippen LogP contribution in [0.1, 0.15) is 23.9 Å². The fraction of sp³-hybridized carbons (Fsp3) is 0.438. The number of nitrogens with zero attached hydrogens (tertiary/aromatic N) is 2. The Morgan fingerprint density at radius 1 is 1.25 bits per heavy atom. The van der Waals surface area contributed by atoms with Crippen molar-refractivity contribution in [1.29, 1.82) is 0 Å². The summed E-state index contributed by atoms with van der Waals surface area (Å²) in [4.78, 5) is 0. The average molecular weight is 275 g/mol. The van der Waals surface area contributed by atoms with Crippen molar-refractivity contribution in [2.45, 2.75) is 32.2 Å². The summed E-state index contributed by atoms with van der Waals surface area (Å²) in [6.45, 7) is 2.11. The van der Waals surface area contributed by atoms with Crippen molar-refractivity contribution in [3.63, 3.8) is 0 Å². The van der Waals surface area contributed by atoms with Gasteiger partial charge in [0, 0.05) is 25.2 Å². The van der Waals surface area contributed by atoms with E-state index in [0.29, 0.717) is 6.04 Å². The molecule has 0 spiro atoms. The molecule has 2 rings (SSSR count). The second-order valence-electron chi connectivity index (χ2n) is 5.12. The fourth-order valence-corrected chi connectivity index (χ4v) is 2.37. The number of aromatic nitrogens is 2. The van der Waals surface area contributed by atoms with Gasteiger partial charge in [-0.2, -0.15) is 5.10 Å². The van der Waals surface area contributed by atoms with Gasteiger partial charge >= 0.3 is 0 Å². The minimum Gasteiger partial charge on any atom is -0.316 e. The molecule has 1 aromatic carbocycles. The molecule has 1 N–H and O–H groups in total. The highest BCUT2D eigenvalue weighted by Gasteiger charge is 2.12. The van der Waals surface area contributed by atoms with Crippen LogP contribution in [-0.2, 0) is 26.3 Å². The Kier molecular flexibility index (Phi) is 4.90. The van der Waals surface area contributed by atoms with Crippen LogP contribution in [0.15, 0.2) is 30.3 Å². The van der Waals surface area contributed by atoms with Gasteiger partial charge in [-0.15, -0.1) is 0 Å². The van der Waals surface area contributed by atoms with Gasteiger partial charge in [0.05, 0.1) is 5.69 Å². The van der Waals surface area contributed by atoms with E-state index >= 15 is 0 Å². The second kappa shape index (κ2) is 6.66. The number of nitrogens with one attached hydrogen (secondary N) is 1. The van der Waals surface area contributed by atoms with E-state index in [-0.39, 0.29) is 5.82 Å². The highest BCUT2D eigenvalue weighted by atomic mass is 19.1. The van der Waals surface area contributed by atoms with E-state index < -0.39 is 0 Å². The zero-order chi connectivity index (χ0) is 14.5. The molecule has 0 aliphatic heterocycles. The van der Waals surface area contributed by atoms with Crippen molar-refractivity contribution in [1.82, 2.24) is 15.1 Å². The van der Waals surface area contributed by atoms with Crippen molar-refractivity contribution < 1.29 is 4.39 Å². The van der Waals surface area contributed by atoms with Crippen LogP contribution in [0.5, 0.6) is 0 Å². The lowest BCUT2D eigenvalue weighted by Gasteiger charge is -2.16. The maximum atomic E-state index is 12.9. The Balaban J connectivity index is 2.04. The topological polar surface area (TPSA) is 29.9 Å². The zero-order valence-corrected chi connectivity index (χ0v) is 12.4. The molecular weight excluding hydrogens is 253 g/mol. The molecule has 1 aromatic heterocycles. The maximum absolute atomic E-state index is 12.9. The van der Waals surface area contributed by atoms with E-state index in [0.717, 1.165) is 30.5 Å². The molecule has 0 radical (unpaired) electrons. The molecule has 108 valence electrons. The molecule has 0 bridgehead atoms. The van der Waals surface area contributed by atoms with Gasteiger partial charge in [-0.05, 0) is 43.7 Å². The van der Waals surface area contributed by atoms with Gasteiger partial charge < -0.3 is 5.32 Å². The van der Waals surface area contributed by atoms with Crippen molar-refractivity contribution in [2.24, 2.45) is 7.05 Å². The Hall–Kier alpha value is -1.68. The molecule has 0 fully saturated rings. The summed E-state index contributed by atoms with van der Waals surface area (Å²) >= 11 is 0. The maximum Gasteiger partial charge on any atom is 0.123 e. The molecule has 0 saturated heterocycles. The quantitative estimate of drug-likeness (QED) is 0.878. The normalized spacial score (nSPS) is 12.6. The van der Waals surface area contributed by atoms with Crippen LogP contribution in [0.3, 0.4) is 0 Å². The van der Waals surface area contributed by atoms with Gasteiger partial charge in [0.2, 0.25) is 0 Å². The second-order valence-corrected chi connectivity index (χ2v) is 5.12. The molecule has 1 heterocycles. The molecule has 0 aliphatic rings. The van der Waals surface area contributed by atoms with E-state index in [4.69, 9.17) is 0 Å². The minimum absolute atomic E-state index is 0.186. The summed E-state index contributed by atoms with van der Waals surface area (Å²) in [7, 11) is 3.95. The van der Waals surface area contributed by atoms with Crippen LogP contribution < -0.4 is 5.32 Å². The molecule has 2 aromatic rings. The molecule has 1 unspecified atom stereocenters. The van der Waals surface area contributed by atoms with E-state index in [9.17, 15) is 4.39 Å². The van der Waals surface area contributed by atoms with Crippen LogP contribution in [0.2, 0.25) is 0 Å². The third-order valence-corrected chi connectivity index (χ3v) is 3.65. The number of halogens is 1. The van der Waals surface area contributed by atoms with Crippen molar-refractivity contribution in [3.05, 3.63) is 53.1 Å². The first-order chi connectivity index (χ1) is 9.62. The predicted octanol–water partition coefficient (Wildman–Crippen LogP) is 2.49. The molecule has 1 atom stereocenters. The third-order valence-electron chi connectivity index (χ3n) is 3.65. The third kappa shape index (κ3) is 3.67. The first-order valence-corrected chi connectivity index (χ1v) is 7.06. The Bertz CT molecular complexity index is 545. The average Bonchev–Trinajstić information content (AvgIpc) is 2.81. The van der Waals surface area contributed by atoms with Gasteiger partial charge in [-0.1, -0.05) is 19.1 Å². The molecule has 0 aliphatic carbocycles. The first-order valence-electron chi connectivity index (χ1n) is 7.06. The number of hydrogen-bond acceptors (Lipinski definition) is 2. The Labute approximate surface area is 119 Å². The molecule has 0 saturated carbocycles. The number of hydrogen-bond donors (Lipinski definition) is 1. The summed E-state index contributed by atoms with van der Waals surface area (Å²) < 4.78 is 14.9. The van der Waals surface area contributed by atoms with Gasteiger partial charge in [0.1, 0.15) is 5.82 Å². The summed E-state index contributed by atoms with van der Waals surface area (Å²) in [5.41, 5.74) is 3.49. The van der Waals surface area contributed by atoms with Crippen LogP contribution in [0.25, 0.3) is 0 Å². The number of aryl methyl sites for hydroxylation is 2. The number of likely N-dealkylation sites (N-methyl/N-ethyl adjacent to an activating group) is 1. The van der Waals surface area contributed by atoms with Gasteiger partial charge in [0.15, 0.2) is 0 Å². The summed E-state index contributed by atoms with van der Waals surface area (Å²) in [6.07, 6.45) is 2.75. The van der Waals surface area contributed by atoms with Crippen molar-refractivity contribution in [3.8, 4) is 0 Å². The van der Waals surface area contributed by atoms with E-state index in [1.165, 1.54) is 17.8 Å². The molecule has 0 amide bonds. The van der Waals surface area contributed by atoms with Gasteiger partial charge in [0.25, 0.3) is 0 Å². The lowest BCUT2D eigenvalue weighted by molar-refractivity contribution is 0.532. The molecule has 3 nitrogen and oxygen atoms in total. The summed E-state index contributed by atoms with van der Waals surface area (Å²) in [5, 5.41) is 7.81. The largest absolute Gasteiger partial charge is 0.316 e. The van der Waals surface area contributed by atoms with Crippen LogP contribution >= 0.6 is 0 Å². The standard InChI is InChI=1S/C16H22FN3/c1-4-14-10-16(20(3)19-14)11-15(18-2)9-12-5-7-13(17)8-6-12/h5-8,10,15,18H,4,9,11H2,1-3H3. The lowest BCUT2D eigenvalue weighted by Crippen LogP contribution is -2.30. The predicted molar refractivity (Wildman–Crippen MR) is 79.2 cm³/mol. The highest BCUT2D eigenvalue weighted by Crippen LogP contribution is 2.11. The van der Waals surface area contributed by atoms with E-state index in [2.05, 4.69) is 23.4 Å². The van der Waals surface area contributed by atoms with Gasteiger partial charge in [-0.25, -0.2) is 4.39 Å². The lowest BCUT2D eigenvalue weighted by atomic mass is 10.0. The smallest absolute Gasteiger partial charge is 0.123 e. The highest BCUT2D eigenvalue weighted by molar-refractivity contribution is 5.18. The van der Waals surface area contributed by atoms with Crippen LogP contribution in [0, 0.1) is 5.82 Å².